The van der Waals surface area contributed by atoms with Gasteiger partial charge in [-0.2, -0.15) is 0 Å². The second-order valence-corrected chi connectivity index (χ2v) is 13.3. The first-order chi connectivity index (χ1) is 26.7. The van der Waals surface area contributed by atoms with Gasteiger partial charge in [-0.3, -0.25) is 24.0 Å². The molecule has 302 valence electrons. The summed E-state index contributed by atoms with van der Waals surface area (Å²) in [5, 5.41) is 21.1. The summed E-state index contributed by atoms with van der Waals surface area (Å²) < 4.78 is 51.8. The Hall–Kier alpha value is -5.97. The summed E-state index contributed by atoms with van der Waals surface area (Å²) in [5.74, 6) is -6.41. The molecular weight excluding hydrogens is 736 g/mol. The van der Waals surface area contributed by atoms with Crippen LogP contribution in [0.1, 0.15) is 59.9 Å². The van der Waals surface area contributed by atoms with E-state index in [2.05, 4.69) is 21.3 Å². The van der Waals surface area contributed by atoms with Crippen molar-refractivity contribution in [3.05, 3.63) is 76.9 Å². The van der Waals surface area contributed by atoms with Gasteiger partial charge in [0.25, 0.3) is 11.8 Å². The van der Waals surface area contributed by atoms with Gasteiger partial charge in [0, 0.05) is 18.7 Å². The maximum Gasteiger partial charge on any atom is 0.261 e. The third-order valence-corrected chi connectivity index (χ3v) is 8.98. The maximum atomic E-state index is 15.0. The van der Waals surface area contributed by atoms with Gasteiger partial charge in [-0.25, -0.2) is 8.78 Å². The molecule has 0 radical (unpaired) electrons. The van der Waals surface area contributed by atoms with Gasteiger partial charge in [-0.15, -0.1) is 0 Å². The van der Waals surface area contributed by atoms with Gasteiger partial charge >= 0.3 is 0 Å². The SMILES string of the molecule is COc1ccc2cc1Oc1cccc(OC)c1CNC(=O)[C@@H](C(C)C)NC(=O)[C@H]([C@@H](C)O)NC(=O)CN(C(=O)c1c(OC)ccc(F)c1F)CCCCNC2=O. The summed E-state index contributed by atoms with van der Waals surface area (Å²) in [6, 6.07) is 8.67. The molecule has 0 saturated heterocycles. The lowest BCUT2D eigenvalue weighted by molar-refractivity contribution is -0.135. The minimum atomic E-state index is -1.59. The molecule has 17 heteroatoms. The Morgan fingerprint density at radius 2 is 1.54 bits per heavy atom. The number of hydrogen-bond acceptors (Lipinski definition) is 10. The van der Waals surface area contributed by atoms with Crippen LogP contribution in [0.3, 0.4) is 0 Å². The molecule has 2 bridgehead atoms. The zero-order valence-electron chi connectivity index (χ0n) is 32.0. The summed E-state index contributed by atoms with van der Waals surface area (Å²) in [5.41, 5.74) is -0.0995. The summed E-state index contributed by atoms with van der Waals surface area (Å²) in [4.78, 5) is 68.6. The summed E-state index contributed by atoms with van der Waals surface area (Å²) >= 11 is 0. The molecule has 1 aliphatic rings. The van der Waals surface area contributed by atoms with Crippen molar-refractivity contribution in [2.45, 2.75) is 58.3 Å². The van der Waals surface area contributed by atoms with Crippen molar-refractivity contribution in [1.82, 2.24) is 26.2 Å². The van der Waals surface area contributed by atoms with Crippen molar-refractivity contribution in [2.24, 2.45) is 5.92 Å². The van der Waals surface area contributed by atoms with Gasteiger partial charge in [-0.1, -0.05) is 19.9 Å². The van der Waals surface area contributed by atoms with Gasteiger partial charge in [0.15, 0.2) is 23.1 Å². The number of carbonyl (C=O) groups is 5. The highest BCUT2D eigenvalue weighted by molar-refractivity contribution is 6.00. The Morgan fingerprint density at radius 1 is 0.839 bits per heavy atom. The Labute approximate surface area is 323 Å². The van der Waals surface area contributed by atoms with Crippen molar-refractivity contribution < 1.29 is 56.8 Å². The number of carbonyl (C=O) groups excluding carboxylic acids is 5. The number of nitrogens with zero attached hydrogens (tertiary/aromatic N) is 1. The lowest BCUT2D eigenvalue weighted by atomic mass is 10.0. The normalized spacial score (nSPS) is 18.3. The van der Waals surface area contributed by atoms with E-state index in [0.29, 0.717) is 17.1 Å². The number of halogens is 2. The molecule has 0 fully saturated rings. The average Bonchev–Trinajstić information content (AvgIpc) is 3.17. The molecule has 1 heterocycles. The highest BCUT2D eigenvalue weighted by Crippen LogP contribution is 2.37. The van der Waals surface area contributed by atoms with Gasteiger partial charge in [0.1, 0.15) is 34.9 Å². The standard InChI is InChI=1S/C39H47F2N5O10/c1-21(2)34-37(50)43-19-24-26(53-4)10-9-11-27(24)56-30-18-23(12-14-28(30)54-5)36(49)42-16-7-8-17-46(20-31(48)44-35(22(3)47)38(51)45-34)39(52)32-29(55-6)15-13-25(40)33(32)41/h9-15,18,21-22,34-35,47H,7-8,16-17,19-20H2,1-6H3,(H,42,49)(H,43,50)(H,44,48)(H,45,51)/t22-,34-,35+/m1/s1. The Balaban J connectivity index is 1.72. The molecule has 1 aliphatic heterocycles. The van der Waals surface area contributed by atoms with E-state index >= 15 is 4.39 Å². The van der Waals surface area contributed by atoms with Crippen molar-refractivity contribution in [1.29, 1.82) is 0 Å². The zero-order valence-corrected chi connectivity index (χ0v) is 32.0. The number of hydrogen-bond donors (Lipinski definition) is 5. The van der Waals surface area contributed by atoms with E-state index in [-0.39, 0.29) is 55.3 Å². The predicted molar refractivity (Wildman–Crippen MR) is 199 cm³/mol. The average molecular weight is 784 g/mol. The van der Waals surface area contributed by atoms with E-state index in [0.717, 1.165) is 24.1 Å². The van der Waals surface area contributed by atoms with E-state index in [1.54, 1.807) is 38.1 Å². The number of aliphatic hydroxyl groups is 1. The fourth-order valence-electron chi connectivity index (χ4n) is 5.93. The van der Waals surface area contributed by atoms with Gasteiger partial charge in [0.05, 0.1) is 46.1 Å². The number of methoxy groups -OCH3 is 3. The molecule has 0 aromatic heterocycles. The second-order valence-electron chi connectivity index (χ2n) is 13.3. The summed E-state index contributed by atoms with van der Waals surface area (Å²) in [7, 11) is 4.04. The number of ether oxygens (including phenoxy) is 4. The number of rotatable bonds is 6. The van der Waals surface area contributed by atoms with Crippen molar-refractivity contribution in [2.75, 3.05) is 41.0 Å². The molecule has 0 aliphatic carbocycles. The minimum Gasteiger partial charge on any atom is -0.496 e. The van der Waals surface area contributed by atoms with Crippen LogP contribution in [-0.2, 0) is 20.9 Å². The maximum absolute atomic E-state index is 15.0. The van der Waals surface area contributed by atoms with Crippen LogP contribution in [0.25, 0.3) is 0 Å². The van der Waals surface area contributed by atoms with Crippen LogP contribution in [0.15, 0.2) is 48.5 Å². The molecule has 56 heavy (non-hydrogen) atoms. The number of benzene rings is 3. The molecular formula is C39H47F2N5O10. The summed E-state index contributed by atoms with van der Waals surface area (Å²) in [6.07, 6.45) is -1.01. The Kier molecular flexibility index (Phi) is 14.9. The van der Waals surface area contributed by atoms with Crippen molar-refractivity contribution in [3.8, 4) is 28.7 Å². The lowest BCUT2D eigenvalue weighted by Gasteiger charge is -2.28. The third kappa shape index (κ3) is 10.4. The van der Waals surface area contributed by atoms with Crippen LogP contribution >= 0.6 is 0 Å². The molecule has 0 spiro atoms. The van der Waals surface area contributed by atoms with Gasteiger partial charge < -0.3 is 50.2 Å². The van der Waals surface area contributed by atoms with E-state index in [9.17, 15) is 33.5 Å². The van der Waals surface area contributed by atoms with E-state index < -0.39 is 77.4 Å². The molecule has 15 nitrogen and oxygen atoms in total. The van der Waals surface area contributed by atoms with Crippen molar-refractivity contribution in [3.63, 3.8) is 0 Å². The van der Waals surface area contributed by atoms with Gasteiger partial charge in [-0.05, 0) is 68.1 Å². The molecule has 4 rings (SSSR count). The largest absolute Gasteiger partial charge is 0.496 e. The highest BCUT2D eigenvalue weighted by atomic mass is 19.2. The van der Waals surface area contributed by atoms with Crippen molar-refractivity contribution >= 4 is 29.5 Å². The summed E-state index contributed by atoms with van der Waals surface area (Å²) in [6.45, 7) is 3.69. The minimum absolute atomic E-state index is 0.119. The fraction of sp³-hybridized carbons (Fsp3) is 0.410. The molecule has 3 aromatic rings. The van der Waals surface area contributed by atoms with E-state index in [1.807, 2.05) is 0 Å². The molecule has 3 aromatic carbocycles. The molecule has 0 saturated carbocycles. The second kappa shape index (κ2) is 19.6. The van der Waals surface area contributed by atoms with Crippen LogP contribution < -0.4 is 40.2 Å². The van der Waals surface area contributed by atoms with Crippen LogP contribution in [0.2, 0.25) is 0 Å². The monoisotopic (exact) mass is 783 g/mol. The molecule has 0 unspecified atom stereocenters. The quantitative estimate of drug-likeness (QED) is 0.248. The first-order valence-electron chi connectivity index (χ1n) is 17.9. The van der Waals surface area contributed by atoms with E-state index in [4.69, 9.17) is 18.9 Å². The zero-order chi connectivity index (χ0) is 41.1. The molecule has 5 N–H and O–H groups in total. The molecule has 3 atom stereocenters. The smallest absolute Gasteiger partial charge is 0.261 e. The number of nitrogens with one attached hydrogen (secondary N) is 4. The predicted octanol–water partition coefficient (Wildman–Crippen LogP) is 3.07. The Morgan fingerprint density at radius 3 is 2.20 bits per heavy atom. The first-order valence-corrected chi connectivity index (χ1v) is 17.9. The van der Waals surface area contributed by atoms with E-state index in [1.165, 1.54) is 33.3 Å². The Bertz CT molecular complexity index is 1920. The first kappa shape index (κ1) is 42.8. The number of amides is 5. The number of aliphatic hydroxyl groups excluding tert-OH is 1. The molecule has 5 amide bonds. The number of fused-ring (bicyclic) bond motifs is 3. The lowest BCUT2D eigenvalue weighted by Crippen LogP contribution is -2.59. The van der Waals surface area contributed by atoms with Crippen LogP contribution in [0.4, 0.5) is 8.78 Å². The van der Waals surface area contributed by atoms with Crippen LogP contribution in [-0.4, -0.2) is 98.7 Å². The fourth-order valence-corrected chi connectivity index (χ4v) is 5.93. The van der Waals surface area contributed by atoms with Crippen LogP contribution in [0, 0.1) is 17.6 Å². The third-order valence-electron chi connectivity index (χ3n) is 8.98. The topological polar surface area (TPSA) is 194 Å². The van der Waals surface area contributed by atoms with Crippen LogP contribution in [0.5, 0.6) is 28.7 Å². The van der Waals surface area contributed by atoms with Gasteiger partial charge in [0.2, 0.25) is 17.7 Å². The highest BCUT2D eigenvalue weighted by Gasteiger charge is 2.33.